The van der Waals surface area contributed by atoms with Crippen molar-refractivity contribution in [3.8, 4) is 6.07 Å². The third-order valence-electron chi connectivity index (χ3n) is 2.19. The summed E-state index contributed by atoms with van der Waals surface area (Å²) in [5.41, 5.74) is 1.01. The second-order valence-electron chi connectivity index (χ2n) is 4.03. The summed E-state index contributed by atoms with van der Waals surface area (Å²) >= 11 is 0. The molecule has 1 amide bonds. The number of nitrogens with one attached hydrogen (secondary N) is 1. The van der Waals surface area contributed by atoms with Gasteiger partial charge >= 0.3 is 0 Å². The molecule has 0 aromatic heterocycles. The maximum absolute atomic E-state index is 11.7. The number of carbonyl (C=O) groups excluding carboxylic acids is 1. The standard InChI is InChI=1S/C13H16N2O/c1-10(2)15-13(16)12(9-14)8-11-6-4-3-5-7-11/h3-7,10,12H,8H2,1-2H3,(H,15,16). The van der Waals surface area contributed by atoms with Gasteiger partial charge in [-0.1, -0.05) is 30.3 Å². The Labute approximate surface area is 96.1 Å². The van der Waals surface area contributed by atoms with E-state index in [2.05, 4.69) is 5.32 Å². The first-order chi connectivity index (χ1) is 7.63. The van der Waals surface area contributed by atoms with E-state index < -0.39 is 5.92 Å². The first-order valence-corrected chi connectivity index (χ1v) is 5.37. The molecule has 3 nitrogen and oxygen atoms in total. The van der Waals surface area contributed by atoms with Gasteiger partial charge in [-0.25, -0.2) is 0 Å². The molecule has 0 bridgehead atoms. The quantitative estimate of drug-likeness (QED) is 0.835. The maximum Gasteiger partial charge on any atom is 0.237 e. The lowest BCUT2D eigenvalue weighted by Gasteiger charge is -2.12. The van der Waals surface area contributed by atoms with Crippen molar-refractivity contribution in [1.82, 2.24) is 5.32 Å². The average Bonchev–Trinajstić information content (AvgIpc) is 2.26. The van der Waals surface area contributed by atoms with Crippen LogP contribution in [-0.2, 0) is 11.2 Å². The summed E-state index contributed by atoms with van der Waals surface area (Å²) in [5.74, 6) is -0.800. The van der Waals surface area contributed by atoms with Crippen LogP contribution >= 0.6 is 0 Å². The number of rotatable bonds is 4. The smallest absolute Gasteiger partial charge is 0.237 e. The van der Waals surface area contributed by atoms with Crippen LogP contribution in [-0.4, -0.2) is 11.9 Å². The van der Waals surface area contributed by atoms with Gasteiger partial charge in [-0.2, -0.15) is 5.26 Å². The van der Waals surface area contributed by atoms with Crippen molar-refractivity contribution in [2.24, 2.45) is 5.92 Å². The SMILES string of the molecule is CC(C)NC(=O)C(C#N)Cc1ccccc1. The fraction of sp³-hybridized carbons (Fsp3) is 0.385. The van der Waals surface area contributed by atoms with Gasteiger partial charge in [0.15, 0.2) is 0 Å². The van der Waals surface area contributed by atoms with Gasteiger partial charge in [-0.3, -0.25) is 4.79 Å². The van der Waals surface area contributed by atoms with Crippen LogP contribution in [0, 0.1) is 17.2 Å². The van der Waals surface area contributed by atoms with E-state index >= 15 is 0 Å². The molecule has 0 aliphatic heterocycles. The highest BCUT2D eigenvalue weighted by atomic mass is 16.1. The average molecular weight is 216 g/mol. The minimum Gasteiger partial charge on any atom is -0.353 e. The minimum atomic E-state index is -0.607. The minimum absolute atomic E-state index is 0.0686. The second-order valence-corrected chi connectivity index (χ2v) is 4.03. The molecule has 0 saturated heterocycles. The lowest BCUT2D eigenvalue weighted by Crippen LogP contribution is -2.35. The van der Waals surface area contributed by atoms with E-state index in [4.69, 9.17) is 5.26 Å². The van der Waals surface area contributed by atoms with E-state index in [0.717, 1.165) is 5.56 Å². The highest BCUT2D eigenvalue weighted by molar-refractivity contribution is 5.81. The van der Waals surface area contributed by atoms with Crippen LogP contribution in [0.25, 0.3) is 0 Å². The summed E-state index contributed by atoms with van der Waals surface area (Å²) < 4.78 is 0. The van der Waals surface area contributed by atoms with Gasteiger partial charge in [-0.15, -0.1) is 0 Å². The van der Waals surface area contributed by atoms with Gasteiger partial charge in [0.2, 0.25) is 5.91 Å². The molecule has 16 heavy (non-hydrogen) atoms. The Bertz CT molecular complexity index is 379. The summed E-state index contributed by atoms with van der Waals surface area (Å²) in [5, 5.41) is 11.7. The van der Waals surface area contributed by atoms with E-state index in [1.807, 2.05) is 50.2 Å². The molecule has 84 valence electrons. The van der Waals surface area contributed by atoms with E-state index in [9.17, 15) is 4.79 Å². The summed E-state index contributed by atoms with van der Waals surface area (Å²) in [6, 6.07) is 11.7. The molecule has 1 N–H and O–H groups in total. The predicted octanol–water partition coefficient (Wildman–Crippen LogP) is 1.89. The van der Waals surface area contributed by atoms with Gasteiger partial charge in [-0.05, 0) is 25.8 Å². The lowest BCUT2D eigenvalue weighted by molar-refractivity contribution is -0.123. The summed E-state index contributed by atoms with van der Waals surface area (Å²) in [7, 11) is 0. The molecule has 3 heteroatoms. The molecule has 0 fully saturated rings. The van der Waals surface area contributed by atoms with Crippen molar-refractivity contribution >= 4 is 5.91 Å². The van der Waals surface area contributed by atoms with Crippen LogP contribution in [0.5, 0.6) is 0 Å². The molecule has 1 aromatic rings. The number of hydrogen-bond acceptors (Lipinski definition) is 2. The predicted molar refractivity (Wildman–Crippen MR) is 62.5 cm³/mol. The van der Waals surface area contributed by atoms with E-state index in [1.165, 1.54) is 0 Å². The van der Waals surface area contributed by atoms with Crippen LogP contribution in [0.2, 0.25) is 0 Å². The molecule has 1 rings (SSSR count). The van der Waals surface area contributed by atoms with Crippen molar-refractivity contribution in [2.75, 3.05) is 0 Å². The van der Waals surface area contributed by atoms with E-state index in [-0.39, 0.29) is 11.9 Å². The zero-order valence-electron chi connectivity index (χ0n) is 9.60. The molecule has 1 unspecified atom stereocenters. The fourth-order valence-electron chi connectivity index (χ4n) is 1.43. The molecule has 0 spiro atoms. The summed E-state index contributed by atoms with van der Waals surface area (Å²) in [6.45, 7) is 3.77. The lowest BCUT2D eigenvalue weighted by atomic mass is 10.00. The van der Waals surface area contributed by atoms with Crippen LogP contribution in [0.15, 0.2) is 30.3 Å². The van der Waals surface area contributed by atoms with Crippen LogP contribution in [0.1, 0.15) is 19.4 Å². The molecule has 0 radical (unpaired) electrons. The summed E-state index contributed by atoms with van der Waals surface area (Å²) in [4.78, 5) is 11.7. The summed E-state index contributed by atoms with van der Waals surface area (Å²) in [6.07, 6.45) is 0.468. The highest BCUT2D eigenvalue weighted by Gasteiger charge is 2.18. The van der Waals surface area contributed by atoms with Crippen molar-refractivity contribution in [1.29, 1.82) is 5.26 Å². The zero-order valence-corrected chi connectivity index (χ0v) is 9.60. The first kappa shape index (κ1) is 12.3. The Morgan fingerprint density at radius 3 is 2.50 bits per heavy atom. The Morgan fingerprint density at radius 1 is 1.38 bits per heavy atom. The molecule has 0 aliphatic rings. The van der Waals surface area contributed by atoms with Crippen molar-refractivity contribution in [3.05, 3.63) is 35.9 Å². The van der Waals surface area contributed by atoms with Gasteiger partial charge in [0.05, 0.1) is 6.07 Å². The molecule has 0 aliphatic carbocycles. The third kappa shape index (κ3) is 3.74. The van der Waals surface area contributed by atoms with Gasteiger partial charge < -0.3 is 5.32 Å². The van der Waals surface area contributed by atoms with Gasteiger partial charge in [0.1, 0.15) is 5.92 Å². The Hall–Kier alpha value is -1.82. The zero-order chi connectivity index (χ0) is 12.0. The second kappa shape index (κ2) is 5.92. The number of carbonyl (C=O) groups is 1. The monoisotopic (exact) mass is 216 g/mol. The molecule has 1 atom stereocenters. The number of hydrogen-bond donors (Lipinski definition) is 1. The van der Waals surface area contributed by atoms with Gasteiger partial charge in [0.25, 0.3) is 0 Å². The normalized spacial score (nSPS) is 11.9. The topological polar surface area (TPSA) is 52.9 Å². The molecule has 0 heterocycles. The molecule has 0 saturated carbocycles. The number of amides is 1. The fourth-order valence-corrected chi connectivity index (χ4v) is 1.43. The number of nitriles is 1. The molecule has 1 aromatic carbocycles. The number of nitrogens with zero attached hydrogens (tertiary/aromatic N) is 1. The molecular weight excluding hydrogens is 200 g/mol. The van der Waals surface area contributed by atoms with Crippen LogP contribution in [0.4, 0.5) is 0 Å². The Kier molecular flexibility index (Phi) is 4.53. The van der Waals surface area contributed by atoms with Crippen LogP contribution < -0.4 is 5.32 Å². The first-order valence-electron chi connectivity index (χ1n) is 5.37. The van der Waals surface area contributed by atoms with Gasteiger partial charge in [0, 0.05) is 6.04 Å². The van der Waals surface area contributed by atoms with Crippen molar-refractivity contribution in [2.45, 2.75) is 26.3 Å². The highest BCUT2D eigenvalue weighted by Crippen LogP contribution is 2.08. The Morgan fingerprint density at radius 2 is 2.00 bits per heavy atom. The third-order valence-corrected chi connectivity index (χ3v) is 2.19. The van der Waals surface area contributed by atoms with Crippen LogP contribution in [0.3, 0.4) is 0 Å². The molecular formula is C13H16N2O. The van der Waals surface area contributed by atoms with Crippen molar-refractivity contribution < 1.29 is 4.79 Å². The van der Waals surface area contributed by atoms with Crippen molar-refractivity contribution in [3.63, 3.8) is 0 Å². The van der Waals surface area contributed by atoms with E-state index in [0.29, 0.717) is 6.42 Å². The maximum atomic E-state index is 11.7. The Balaban J connectivity index is 2.63. The number of benzene rings is 1. The largest absolute Gasteiger partial charge is 0.353 e. The van der Waals surface area contributed by atoms with E-state index in [1.54, 1.807) is 0 Å².